The zero-order valence-corrected chi connectivity index (χ0v) is 16.4. The fourth-order valence-corrected chi connectivity index (χ4v) is 4.31. The molecule has 0 atom stereocenters. The second kappa shape index (κ2) is 7.87. The van der Waals surface area contributed by atoms with Crippen LogP contribution in [0.1, 0.15) is 18.4 Å². The molecule has 0 spiro atoms. The summed E-state index contributed by atoms with van der Waals surface area (Å²) in [4.78, 5) is 6.68. The molecule has 1 fully saturated rings. The third kappa shape index (κ3) is 4.49. The van der Waals surface area contributed by atoms with Gasteiger partial charge in [-0.15, -0.1) is 0 Å². The van der Waals surface area contributed by atoms with Crippen molar-refractivity contribution in [2.45, 2.75) is 30.3 Å². The van der Waals surface area contributed by atoms with Gasteiger partial charge in [0, 0.05) is 49.1 Å². The van der Waals surface area contributed by atoms with Gasteiger partial charge in [0.25, 0.3) is 0 Å². The second-order valence-electron chi connectivity index (χ2n) is 7.32. The van der Waals surface area contributed by atoms with Crippen molar-refractivity contribution in [3.63, 3.8) is 0 Å². The van der Waals surface area contributed by atoms with E-state index in [1.54, 1.807) is 12.1 Å². The number of piperidine rings is 1. The van der Waals surface area contributed by atoms with Crippen LogP contribution in [0.3, 0.4) is 0 Å². The van der Waals surface area contributed by atoms with Crippen LogP contribution in [0.2, 0.25) is 0 Å². The first-order valence-electron chi connectivity index (χ1n) is 9.42. The van der Waals surface area contributed by atoms with Gasteiger partial charge in [-0.3, -0.25) is 9.88 Å². The zero-order valence-electron chi connectivity index (χ0n) is 15.6. The molecule has 0 radical (unpaired) electrons. The molecule has 4 rings (SSSR count). The van der Waals surface area contributed by atoms with E-state index in [1.165, 1.54) is 11.5 Å². The molecular formula is C21H24N4O2S. The lowest BCUT2D eigenvalue weighted by molar-refractivity contribution is 0.211. The van der Waals surface area contributed by atoms with Crippen LogP contribution in [0.4, 0.5) is 5.69 Å². The molecule has 146 valence electrons. The van der Waals surface area contributed by atoms with E-state index in [1.807, 2.05) is 24.5 Å². The van der Waals surface area contributed by atoms with Gasteiger partial charge in [0.15, 0.2) is 0 Å². The monoisotopic (exact) mass is 396 g/mol. The third-order valence-electron chi connectivity index (χ3n) is 5.23. The minimum atomic E-state index is -3.66. The normalized spacial score (nSPS) is 16.3. The number of fused-ring (bicyclic) bond motifs is 1. The predicted octanol–water partition coefficient (Wildman–Crippen LogP) is 2.96. The molecule has 1 saturated heterocycles. The molecular weight excluding hydrogens is 372 g/mol. The largest absolute Gasteiger partial charge is 0.382 e. The molecule has 1 aliphatic rings. The van der Waals surface area contributed by atoms with Crippen molar-refractivity contribution in [3.8, 4) is 0 Å². The fraction of sp³-hybridized carbons (Fsp3) is 0.286. The van der Waals surface area contributed by atoms with E-state index in [0.717, 1.165) is 49.1 Å². The number of rotatable bonds is 5. The Hall–Kier alpha value is -2.48. The molecule has 28 heavy (non-hydrogen) atoms. The summed E-state index contributed by atoms with van der Waals surface area (Å²) >= 11 is 0. The Morgan fingerprint density at radius 2 is 1.89 bits per heavy atom. The minimum Gasteiger partial charge on any atom is -0.382 e. The van der Waals surface area contributed by atoms with Crippen molar-refractivity contribution < 1.29 is 8.42 Å². The first-order chi connectivity index (χ1) is 13.5. The van der Waals surface area contributed by atoms with Gasteiger partial charge in [-0.05, 0) is 54.1 Å². The van der Waals surface area contributed by atoms with Crippen molar-refractivity contribution >= 4 is 26.5 Å². The minimum absolute atomic E-state index is 0.174. The predicted molar refractivity (Wildman–Crippen MR) is 111 cm³/mol. The van der Waals surface area contributed by atoms with E-state index in [2.05, 4.69) is 33.4 Å². The summed E-state index contributed by atoms with van der Waals surface area (Å²) < 4.78 is 23.1. The summed E-state index contributed by atoms with van der Waals surface area (Å²) in [5.74, 6) is 0. The van der Waals surface area contributed by atoms with Crippen molar-refractivity contribution in [3.05, 3.63) is 66.5 Å². The number of nitrogens with two attached hydrogens (primary N) is 1. The lowest BCUT2D eigenvalue weighted by Crippen LogP contribution is -2.38. The molecule has 0 bridgehead atoms. The van der Waals surface area contributed by atoms with Crippen molar-refractivity contribution in [1.29, 1.82) is 0 Å². The standard InChI is InChI=1S/C21H24N4O2S/c22-28(26,27)21-3-1-2-16(12-21)15-25-10-7-19(8-11-25)24-20-5-4-18-14-23-9-6-17(18)13-20/h1-6,9,12-14,19,24H,7-8,10-11,15H2,(H2,22,26,27). The first-order valence-corrected chi connectivity index (χ1v) is 11.0. The van der Waals surface area contributed by atoms with Gasteiger partial charge in [0.2, 0.25) is 10.0 Å². The van der Waals surface area contributed by atoms with Crippen molar-refractivity contribution in [1.82, 2.24) is 9.88 Å². The highest BCUT2D eigenvalue weighted by atomic mass is 32.2. The molecule has 7 heteroatoms. The van der Waals surface area contributed by atoms with E-state index >= 15 is 0 Å². The molecule has 0 saturated carbocycles. The molecule has 3 N–H and O–H groups in total. The maximum absolute atomic E-state index is 11.5. The summed E-state index contributed by atoms with van der Waals surface area (Å²) in [7, 11) is -3.66. The average Bonchev–Trinajstić information content (AvgIpc) is 2.69. The Morgan fingerprint density at radius 3 is 2.68 bits per heavy atom. The highest BCUT2D eigenvalue weighted by molar-refractivity contribution is 7.89. The molecule has 6 nitrogen and oxygen atoms in total. The van der Waals surface area contributed by atoms with E-state index in [0.29, 0.717) is 6.04 Å². The Bertz CT molecular complexity index is 1080. The lowest BCUT2D eigenvalue weighted by atomic mass is 10.0. The highest BCUT2D eigenvalue weighted by Gasteiger charge is 2.19. The molecule has 1 aromatic heterocycles. The molecule has 0 aliphatic carbocycles. The van der Waals surface area contributed by atoms with E-state index in [-0.39, 0.29) is 4.90 Å². The lowest BCUT2D eigenvalue weighted by Gasteiger charge is -2.33. The Labute approximate surface area is 165 Å². The van der Waals surface area contributed by atoms with Gasteiger partial charge >= 0.3 is 0 Å². The van der Waals surface area contributed by atoms with Gasteiger partial charge in [-0.2, -0.15) is 0 Å². The van der Waals surface area contributed by atoms with Gasteiger partial charge < -0.3 is 5.32 Å². The highest BCUT2D eigenvalue weighted by Crippen LogP contribution is 2.22. The van der Waals surface area contributed by atoms with Crippen molar-refractivity contribution in [2.24, 2.45) is 5.14 Å². The summed E-state index contributed by atoms with van der Waals surface area (Å²) in [6.07, 6.45) is 5.78. The summed E-state index contributed by atoms with van der Waals surface area (Å²) in [6, 6.07) is 15.7. The summed E-state index contributed by atoms with van der Waals surface area (Å²) in [5, 5.41) is 11.2. The number of likely N-dealkylation sites (tertiary alicyclic amines) is 1. The van der Waals surface area contributed by atoms with Crippen LogP contribution in [0.25, 0.3) is 10.8 Å². The number of aromatic nitrogens is 1. The quantitative estimate of drug-likeness (QED) is 0.692. The Balaban J connectivity index is 1.34. The number of hydrogen-bond donors (Lipinski definition) is 2. The number of nitrogens with one attached hydrogen (secondary N) is 1. The number of pyridine rings is 1. The van der Waals surface area contributed by atoms with Crippen molar-refractivity contribution in [2.75, 3.05) is 18.4 Å². The maximum atomic E-state index is 11.5. The van der Waals surface area contributed by atoms with Gasteiger partial charge in [0.05, 0.1) is 4.90 Å². The smallest absolute Gasteiger partial charge is 0.238 e. The maximum Gasteiger partial charge on any atom is 0.238 e. The van der Waals surface area contributed by atoms with Crippen LogP contribution in [0.15, 0.2) is 65.8 Å². The number of nitrogens with zero attached hydrogens (tertiary/aromatic N) is 2. The average molecular weight is 397 g/mol. The number of anilines is 1. The first kappa shape index (κ1) is 18.9. The number of hydrogen-bond acceptors (Lipinski definition) is 5. The van der Waals surface area contributed by atoms with Crippen LogP contribution >= 0.6 is 0 Å². The van der Waals surface area contributed by atoms with Gasteiger partial charge in [-0.1, -0.05) is 18.2 Å². The summed E-state index contributed by atoms with van der Waals surface area (Å²) in [5.41, 5.74) is 2.11. The topological polar surface area (TPSA) is 88.3 Å². The van der Waals surface area contributed by atoms with Crippen LogP contribution in [0.5, 0.6) is 0 Å². The van der Waals surface area contributed by atoms with Crippen LogP contribution in [-0.4, -0.2) is 37.4 Å². The summed E-state index contributed by atoms with van der Waals surface area (Å²) in [6.45, 7) is 2.67. The molecule has 2 aromatic carbocycles. The molecule has 3 aromatic rings. The van der Waals surface area contributed by atoms with Gasteiger partial charge in [-0.25, -0.2) is 13.6 Å². The second-order valence-corrected chi connectivity index (χ2v) is 8.89. The van der Waals surface area contributed by atoms with E-state index in [4.69, 9.17) is 5.14 Å². The number of primary sulfonamides is 1. The SMILES string of the molecule is NS(=O)(=O)c1cccc(CN2CCC(Nc3ccc4cnccc4c3)CC2)c1. The zero-order chi connectivity index (χ0) is 19.6. The van der Waals surface area contributed by atoms with Crippen LogP contribution in [-0.2, 0) is 16.6 Å². The molecule has 2 heterocycles. The fourth-order valence-electron chi connectivity index (χ4n) is 3.72. The molecule has 1 aliphatic heterocycles. The van der Waals surface area contributed by atoms with Crippen LogP contribution in [0, 0.1) is 0 Å². The molecule has 0 unspecified atom stereocenters. The Kier molecular flexibility index (Phi) is 5.30. The van der Waals surface area contributed by atoms with Crippen LogP contribution < -0.4 is 10.5 Å². The Morgan fingerprint density at radius 1 is 1.07 bits per heavy atom. The molecule has 0 amide bonds. The van der Waals surface area contributed by atoms with E-state index < -0.39 is 10.0 Å². The van der Waals surface area contributed by atoms with Gasteiger partial charge in [0.1, 0.15) is 0 Å². The number of benzene rings is 2. The number of sulfonamides is 1. The van der Waals surface area contributed by atoms with E-state index in [9.17, 15) is 8.42 Å². The third-order valence-corrected chi connectivity index (χ3v) is 6.14.